The molecule has 0 aliphatic carbocycles. The SMILES string of the molecule is CC1(CNC(=O)c2cc(-c3cccs3)[nH]n2)CCNCC1.Cl. The number of H-pyrrole nitrogens is 1. The van der Waals surface area contributed by atoms with Crippen molar-refractivity contribution in [3.8, 4) is 10.6 Å². The molecule has 5 nitrogen and oxygen atoms in total. The van der Waals surface area contributed by atoms with Gasteiger partial charge < -0.3 is 10.6 Å². The molecular formula is C15H21ClN4OS. The van der Waals surface area contributed by atoms with Crippen LogP contribution in [-0.2, 0) is 0 Å². The Bertz CT molecular complexity index is 605. The smallest absolute Gasteiger partial charge is 0.271 e. The van der Waals surface area contributed by atoms with Crippen molar-refractivity contribution < 1.29 is 4.79 Å². The predicted molar refractivity (Wildman–Crippen MR) is 91.7 cm³/mol. The highest BCUT2D eigenvalue weighted by Gasteiger charge is 2.27. The van der Waals surface area contributed by atoms with Gasteiger partial charge >= 0.3 is 0 Å². The van der Waals surface area contributed by atoms with Gasteiger partial charge in [-0.2, -0.15) is 5.10 Å². The summed E-state index contributed by atoms with van der Waals surface area (Å²) in [5, 5.41) is 15.4. The van der Waals surface area contributed by atoms with Crippen LogP contribution in [0.5, 0.6) is 0 Å². The number of nitrogens with one attached hydrogen (secondary N) is 3. The van der Waals surface area contributed by atoms with Crippen molar-refractivity contribution in [1.82, 2.24) is 20.8 Å². The van der Waals surface area contributed by atoms with Gasteiger partial charge in [0.25, 0.3) is 5.91 Å². The van der Waals surface area contributed by atoms with E-state index in [0.717, 1.165) is 36.5 Å². The number of rotatable bonds is 4. The van der Waals surface area contributed by atoms with Crippen LogP contribution in [0, 0.1) is 5.41 Å². The van der Waals surface area contributed by atoms with Crippen LogP contribution in [-0.4, -0.2) is 35.7 Å². The Labute approximate surface area is 140 Å². The summed E-state index contributed by atoms with van der Waals surface area (Å²) in [5.74, 6) is -0.103. The van der Waals surface area contributed by atoms with Gasteiger partial charge in [0, 0.05) is 6.54 Å². The molecule has 1 fully saturated rings. The number of aromatic nitrogens is 2. The highest BCUT2D eigenvalue weighted by Crippen LogP contribution is 2.27. The maximum Gasteiger partial charge on any atom is 0.271 e. The maximum absolute atomic E-state index is 12.2. The fraction of sp³-hybridized carbons (Fsp3) is 0.467. The lowest BCUT2D eigenvalue weighted by Crippen LogP contribution is -2.42. The van der Waals surface area contributed by atoms with Crippen molar-refractivity contribution in [2.24, 2.45) is 5.41 Å². The van der Waals surface area contributed by atoms with Crippen LogP contribution in [0.3, 0.4) is 0 Å². The van der Waals surface area contributed by atoms with Crippen molar-refractivity contribution in [1.29, 1.82) is 0 Å². The number of nitrogens with zero attached hydrogens (tertiary/aromatic N) is 1. The number of halogens is 1. The van der Waals surface area contributed by atoms with E-state index in [1.165, 1.54) is 0 Å². The van der Waals surface area contributed by atoms with Crippen molar-refractivity contribution in [3.63, 3.8) is 0 Å². The molecule has 0 bridgehead atoms. The first-order valence-electron chi connectivity index (χ1n) is 7.25. The Morgan fingerprint density at radius 1 is 1.45 bits per heavy atom. The zero-order valence-electron chi connectivity index (χ0n) is 12.5. The summed E-state index contributed by atoms with van der Waals surface area (Å²) < 4.78 is 0. The molecule has 2 aromatic heterocycles. The van der Waals surface area contributed by atoms with Gasteiger partial charge in [-0.3, -0.25) is 9.89 Å². The second-order valence-corrected chi connectivity index (χ2v) is 6.84. The van der Waals surface area contributed by atoms with Crippen LogP contribution in [0.1, 0.15) is 30.3 Å². The lowest BCUT2D eigenvalue weighted by atomic mass is 9.81. The molecule has 1 amide bonds. The van der Waals surface area contributed by atoms with Gasteiger partial charge in [0.05, 0.1) is 10.6 Å². The molecule has 0 aromatic carbocycles. The molecule has 0 saturated carbocycles. The monoisotopic (exact) mass is 340 g/mol. The molecule has 2 aromatic rings. The molecule has 0 spiro atoms. The summed E-state index contributed by atoms with van der Waals surface area (Å²) in [5.41, 5.74) is 1.53. The van der Waals surface area contributed by atoms with E-state index in [9.17, 15) is 4.79 Å². The van der Waals surface area contributed by atoms with Crippen LogP contribution in [0.15, 0.2) is 23.6 Å². The van der Waals surface area contributed by atoms with E-state index in [0.29, 0.717) is 12.2 Å². The Hall–Kier alpha value is -1.37. The maximum atomic E-state index is 12.2. The molecule has 1 aliphatic rings. The number of aromatic amines is 1. The third kappa shape index (κ3) is 3.88. The fourth-order valence-corrected chi connectivity index (χ4v) is 3.28. The number of piperidine rings is 1. The van der Waals surface area contributed by atoms with E-state index in [-0.39, 0.29) is 23.7 Å². The molecule has 0 radical (unpaired) electrons. The lowest BCUT2D eigenvalue weighted by Gasteiger charge is -2.34. The minimum Gasteiger partial charge on any atom is -0.350 e. The molecule has 7 heteroatoms. The predicted octanol–water partition coefficient (Wildman–Crippen LogP) is 2.68. The number of amides is 1. The summed E-state index contributed by atoms with van der Waals surface area (Å²) in [4.78, 5) is 13.3. The molecule has 0 atom stereocenters. The van der Waals surface area contributed by atoms with Crippen LogP contribution >= 0.6 is 23.7 Å². The molecule has 22 heavy (non-hydrogen) atoms. The van der Waals surface area contributed by atoms with Gasteiger partial charge in [-0.15, -0.1) is 23.7 Å². The summed E-state index contributed by atoms with van der Waals surface area (Å²) in [6.45, 7) is 4.99. The molecule has 1 saturated heterocycles. The third-order valence-electron chi connectivity index (χ3n) is 4.08. The van der Waals surface area contributed by atoms with Gasteiger partial charge in [0.2, 0.25) is 0 Å². The highest BCUT2D eigenvalue weighted by molar-refractivity contribution is 7.13. The standard InChI is InChI=1S/C15H20N4OS.ClH/c1-15(4-6-16-7-5-15)10-17-14(20)12-9-11(18-19-12)13-3-2-8-21-13;/h2-3,8-9,16H,4-7,10H2,1H3,(H,17,20)(H,18,19);1H. The first-order chi connectivity index (χ1) is 10.2. The highest BCUT2D eigenvalue weighted by atomic mass is 35.5. The number of hydrogen-bond acceptors (Lipinski definition) is 4. The lowest BCUT2D eigenvalue weighted by molar-refractivity contribution is 0.0917. The molecule has 0 unspecified atom stereocenters. The van der Waals surface area contributed by atoms with Crippen LogP contribution in [0.2, 0.25) is 0 Å². The molecule has 3 N–H and O–H groups in total. The summed E-state index contributed by atoms with van der Waals surface area (Å²) >= 11 is 1.63. The molecule has 3 rings (SSSR count). The van der Waals surface area contributed by atoms with E-state index in [2.05, 4.69) is 27.8 Å². The van der Waals surface area contributed by atoms with Gasteiger partial charge in [0.1, 0.15) is 0 Å². The molecule has 3 heterocycles. The van der Waals surface area contributed by atoms with E-state index in [4.69, 9.17) is 0 Å². The summed E-state index contributed by atoms with van der Waals surface area (Å²) in [6, 6.07) is 5.81. The Morgan fingerprint density at radius 2 is 2.23 bits per heavy atom. The summed E-state index contributed by atoms with van der Waals surface area (Å²) in [6.07, 6.45) is 2.18. The van der Waals surface area contributed by atoms with Gasteiger partial charge in [-0.1, -0.05) is 13.0 Å². The Morgan fingerprint density at radius 3 is 2.91 bits per heavy atom. The minimum atomic E-state index is -0.103. The van der Waals surface area contributed by atoms with Crippen LogP contribution in [0.4, 0.5) is 0 Å². The van der Waals surface area contributed by atoms with Crippen molar-refractivity contribution >= 4 is 29.7 Å². The van der Waals surface area contributed by atoms with Gasteiger partial charge in [0.15, 0.2) is 5.69 Å². The van der Waals surface area contributed by atoms with E-state index in [1.54, 1.807) is 11.3 Å². The second-order valence-electron chi connectivity index (χ2n) is 5.89. The zero-order valence-corrected chi connectivity index (χ0v) is 14.1. The molecule has 120 valence electrons. The number of carbonyl (C=O) groups excluding carboxylic acids is 1. The van der Waals surface area contributed by atoms with Crippen LogP contribution in [0.25, 0.3) is 10.6 Å². The quantitative estimate of drug-likeness (QED) is 0.801. The Kier molecular flexibility index (Phi) is 5.61. The average Bonchev–Trinajstić information content (AvgIpc) is 3.16. The van der Waals surface area contributed by atoms with E-state index < -0.39 is 0 Å². The number of hydrogen-bond donors (Lipinski definition) is 3. The zero-order chi connectivity index (χ0) is 14.7. The number of carbonyl (C=O) groups is 1. The topological polar surface area (TPSA) is 69.8 Å². The minimum absolute atomic E-state index is 0. The van der Waals surface area contributed by atoms with Gasteiger partial charge in [-0.25, -0.2) is 0 Å². The largest absolute Gasteiger partial charge is 0.350 e. The van der Waals surface area contributed by atoms with E-state index >= 15 is 0 Å². The van der Waals surface area contributed by atoms with Crippen molar-refractivity contribution in [3.05, 3.63) is 29.3 Å². The summed E-state index contributed by atoms with van der Waals surface area (Å²) in [7, 11) is 0. The third-order valence-corrected chi connectivity index (χ3v) is 4.99. The first kappa shape index (κ1) is 17.0. The fourth-order valence-electron chi connectivity index (χ4n) is 2.59. The van der Waals surface area contributed by atoms with Gasteiger partial charge in [-0.05, 0) is 48.9 Å². The van der Waals surface area contributed by atoms with Crippen molar-refractivity contribution in [2.45, 2.75) is 19.8 Å². The molecule has 1 aliphatic heterocycles. The van der Waals surface area contributed by atoms with Crippen LogP contribution < -0.4 is 10.6 Å². The average molecular weight is 341 g/mol. The van der Waals surface area contributed by atoms with E-state index in [1.807, 2.05) is 23.6 Å². The van der Waals surface area contributed by atoms with Crippen molar-refractivity contribution in [2.75, 3.05) is 19.6 Å². The normalized spacial score (nSPS) is 16.8. The molecular weight excluding hydrogens is 320 g/mol. The second kappa shape index (κ2) is 7.26. The Balaban J connectivity index is 0.00000176. The first-order valence-corrected chi connectivity index (χ1v) is 8.12. The number of thiophene rings is 1.